The fourth-order valence-corrected chi connectivity index (χ4v) is 3.53. The summed E-state index contributed by atoms with van der Waals surface area (Å²) < 4.78 is 42.2. The summed E-state index contributed by atoms with van der Waals surface area (Å²) in [6.45, 7) is 6.29. The molecule has 0 unspecified atom stereocenters. The number of rotatable bonds is 4. The summed E-state index contributed by atoms with van der Waals surface area (Å²) in [6.07, 6.45) is -3.91. The average Bonchev–Trinajstić information content (AvgIpc) is 3.11. The van der Waals surface area contributed by atoms with Gasteiger partial charge < -0.3 is 5.32 Å². The van der Waals surface area contributed by atoms with Crippen molar-refractivity contribution >= 4 is 29.1 Å². The number of benzene rings is 2. The molecule has 164 valence electrons. The number of amides is 1. The van der Waals surface area contributed by atoms with Crippen LogP contribution in [0.1, 0.15) is 48.1 Å². The number of imidazole rings is 1. The molecular weight excluding hydrogens is 450 g/mol. The Morgan fingerprint density at radius 2 is 1.71 bits per heavy atom. The summed E-state index contributed by atoms with van der Waals surface area (Å²) in [5.74, 6) is -0.934. The Labute approximate surface area is 188 Å². The first-order valence-corrected chi connectivity index (χ1v) is 10.1. The minimum atomic E-state index is -4.83. The standard InChI is InChI=1S/C22H20Cl2F3N3O/c1-21(2,3)14-6-4-13(5-7-14)11-28-20(31)18-19(22(25,26)27)30(12-29-18)17-9-8-15(23)10-16(17)24/h4-10,12H,11H2,1-3H3,(H,28,31). The van der Waals surface area contributed by atoms with Crippen LogP contribution in [0.5, 0.6) is 0 Å². The molecule has 0 aliphatic rings. The molecule has 1 heterocycles. The first-order chi connectivity index (χ1) is 14.4. The predicted molar refractivity (Wildman–Crippen MR) is 115 cm³/mol. The lowest BCUT2D eigenvalue weighted by Gasteiger charge is -2.19. The van der Waals surface area contributed by atoms with Gasteiger partial charge in [0.1, 0.15) is 6.33 Å². The Hall–Kier alpha value is -2.51. The van der Waals surface area contributed by atoms with Crippen molar-refractivity contribution in [1.82, 2.24) is 14.9 Å². The van der Waals surface area contributed by atoms with Crippen LogP contribution in [-0.2, 0) is 18.1 Å². The molecule has 0 spiro atoms. The maximum Gasteiger partial charge on any atom is 0.434 e. The van der Waals surface area contributed by atoms with Gasteiger partial charge in [-0.3, -0.25) is 9.36 Å². The van der Waals surface area contributed by atoms with Crippen LogP contribution >= 0.6 is 23.2 Å². The molecule has 2 aromatic carbocycles. The molecule has 31 heavy (non-hydrogen) atoms. The molecule has 1 amide bonds. The van der Waals surface area contributed by atoms with Crippen LogP contribution in [-0.4, -0.2) is 15.5 Å². The Morgan fingerprint density at radius 1 is 1.06 bits per heavy atom. The normalized spacial score (nSPS) is 12.1. The van der Waals surface area contributed by atoms with Gasteiger partial charge in [0, 0.05) is 11.6 Å². The number of carbonyl (C=O) groups excluding carboxylic acids is 1. The van der Waals surface area contributed by atoms with Gasteiger partial charge in [-0.25, -0.2) is 4.98 Å². The quantitative estimate of drug-likeness (QED) is 0.478. The monoisotopic (exact) mass is 469 g/mol. The van der Waals surface area contributed by atoms with E-state index in [2.05, 4.69) is 31.1 Å². The van der Waals surface area contributed by atoms with Crippen molar-refractivity contribution in [2.75, 3.05) is 0 Å². The van der Waals surface area contributed by atoms with Gasteiger partial charge in [-0.05, 0) is 34.7 Å². The number of hydrogen-bond donors (Lipinski definition) is 1. The van der Waals surface area contributed by atoms with E-state index in [4.69, 9.17) is 23.2 Å². The third-order valence-corrected chi connectivity index (χ3v) is 5.23. The second kappa shape index (κ2) is 8.55. The van der Waals surface area contributed by atoms with E-state index in [1.54, 1.807) is 0 Å². The number of nitrogens with one attached hydrogen (secondary N) is 1. The molecule has 0 fully saturated rings. The lowest BCUT2D eigenvalue weighted by molar-refractivity contribution is -0.142. The molecular formula is C22H20Cl2F3N3O. The fraction of sp³-hybridized carbons (Fsp3) is 0.273. The number of carbonyl (C=O) groups is 1. The Balaban J connectivity index is 1.87. The molecule has 0 saturated heterocycles. The van der Waals surface area contributed by atoms with Crippen LogP contribution in [0, 0.1) is 0 Å². The lowest BCUT2D eigenvalue weighted by atomic mass is 9.87. The predicted octanol–water partition coefficient (Wildman–Crippen LogP) is 6.43. The highest BCUT2D eigenvalue weighted by Gasteiger charge is 2.41. The Morgan fingerprint density at radius 3 is 2.26 bits per heavy atom. The zero-order valence-corrected chi connectivity index (χ0v) is 18.5. The van der Waals surface area contributed by atoms with Gasteiger partial charge in [-0.1, -0.05) is 68.2 Å². The molecule has 9 heteroatoms. The highest BCUT2D eigenvalue weighted by atomic mass is 35.5. The zero-order valence-electron chi connectivity index (χ0n) is 17.0. The van der Waals surface area contributed by atoms with Crippen molar-refractivity contribution in [1.29, 1.82) is 0 Å². The minimum Gasteiger partial charge on any atom is -0.347 e. The molecule has 0 aliphatic heterocycles. The van der Waals surface area contributed by atoms with Crippen LogP contribution in [0.25, 0.3) is 5.69 Å². The Bertz CT molecular complexity index is 1100. The average molecular weight is 470 g/mol. The SMILES string of the molecule is CC(C)(C)c1ccc(CNC(=O)c2ncn(-c3ccc(Cl)cc3Cl)c2C(F)(F)F)cc1. The van der Waals surface area contributed by atoms with E-state index in [0.717, 1.165) is 22.0 Å². The van der Waals surface area contributed by atoms with Crippen molar-refractivity contribution in [2.45, 2.75) is 38.9 Å². The van der Waals surface area contributed by atoms with E-state index in [9.17, 15) is 18.0 Å². The smallest absolute Gasteiger partial charge is 0.347 e. The highest BCUT2D eigenvalue weighted by Crippen LogP contribution is 2.35. The van der Waals surface area contributed by atoms with E-state index >= 15 is 0 Å². The van der Waals surface area contributed by atoms with Crippen LogP contribution in [0.15, 0.2) is 48.8 Å². The van der Waals surface area contributed by atoms with Crippen molar-refractivity contribution in [3.05, 3.63) is 81.4 Å². The highest BCUT2D eigenvalue weighted by molar-refractivity contribution is 6.35. The van der Waals surface area contributed by atoms with E-state index in [1.807, 2.05) is 24.3 Å². The summed E-state index contributed by atoms with van der Waals surface area (Å²) in [6, 6.07) is 11.6. The second-order valence-corrected chi connectivity index (χ2v) is 8.88. The minimum absolute atomic E-state index is 0.00120. The first kappa shape index (κ1) is 23.2. The molecule has 0 bridgehead atoms. The topological polar surface area (TPSA) is 46.9 Å². The van der Waals surface area contributed by atoms with E-state index < -0.39 is 23.5 Å². The summed E-state index contributed by atoms with van der Waals surface area (Å²) in [7, 11) is 0. The van der Waals surface area contributed by atoms with Crippen LogP contribution < -0.4 is 5.32 Å². The van der Waals surface area contributed by atoms with Gasteiger partial charge in [0.2, 0.25) is 0 Å². The summed E-state index contributed by atoms with van der Waals surface area (Å²) >= 11 is 11.9. The van der Waals surface area contributed by atoms with Crippen molar-refractivity contribution in [2.24, 2.45) is 0 Å². The van der Waals surface area contributed by atoms with Crippen molar-refractivity contribution in [3.8, 4) is 5.69 Å². The maximum atomic E-state index is 13.8. The third-order valence-electron chi connectivity index (χ3n) is 4.69. The van der Waals surface area contributed by atoms with Gasteiger partial charge in [0.15, 0.2) is 11.4 Å². The third kappa shape index (κ3) is 5.22. The molecule has 3 rings (SSSR count). The Kier molecular flexibility index (Phi) is 6.39. The molecule has 3 aromatic rings. The number of alkyl halides is 3. The number of nitrogens with zero attached hydrogens (tertiary/aromatic N) is 2. The molecule has 1 N–H and O–H groups in total. The summed E-state index contributed by atoms with van der Waals surface area (Å²) in [5.41, 5.74) is -0.0837. The molecule has 0 radical (unpaired) electrons. The van der Waals surface area contributed by atoms with Crippen LogP contribution in [0.4, 0.5) is 13.2 Å². The largest absolute Gasteiger partial charge is 0.434 e. The zero-order chi connectivity index (χ0) is 23.0. The van der Waals surface area contributed by atoms with Gasteiger partial charge in [0.05, 0.1) is 10.7 Å². The number of aromatic nitrogens is 2. The lowest BCUT2D eigenvalue weighted by Crippen LogP contribution is -2.27. The summed E-state index contributed by atoms with van der Waals surface area (Å²) in [4.78, 5) is 16.3. The van der Waals surface area contributed by atoms with E-state index in [1.165, 1.54) is 18.2 Å². The molecule has 0 saturated carbocycles. The van der Waals surface area contributed by atoms with Crippen LogP contribution in [0.2, 0.25) is 10.0 Å². The molecule has 0 aliphatic carbocycles. The second-order valence-electron chi connectivity index (χ2n) is 8.03. The van der Waals surface area contributed by atoms with E-state index in [-0.39, 0.29) is 27.7 Å². The number of hydrogen-bond acceptors (Lipinski definition) is 2. The van der Waals surface area contributed by atoms with Gasteiger partial charge in [-0.15, -0.1) is 0 Å². The maximum absolute atomic E-state index is 13.8. The fourth-order valence-electron chi connectivity index (χ4n) is 3.03. The molecule has 1 aromatic heterocycles. The van der Waals surface area contributed by atoms with Gasteiger partial charge in [-0.2, -0.15) is 13.2 Å². The molecule has 4 nitrogen and oxygen atoms in total. The van der Waals surface area contributed by atoms with Gasteiger partial charge >= 0.3 is 6.18 Å². The first-order valence-electron chi connectivity index (χ1n) is 9.35. The van der Waals surface area contributed by atoms with Crippen molar-refractivity contribution in [3.63, 3.8) is 0 Å². The van der Waals surface area contributed by atoms with Crippen LogP contribution in [0.3, 0.4) is 0 Å². The van der Waals surface area contributed by atoms with Gasteiger partial charge in [0.25, 0.3) is 5.91 Å². The van der Waals surface area contributed by atoms with E-state index in [0.29, 0.717) is 0 Å². The number of halogens is 5. The molecule has 0 atom stereocenters. The summed E-state index contributed by atoms with van der Waals surface area (Å²) in [5, 5.41) is 2.78. The van der Waals surface area contributed by atoms with Crippen molar-refractivity contribution < 1.29 is 18.0 Å².